The third-order valence-electron chi connectivity index (χ3n) is 3.28. The summed E-state index contributed by atoms with van der Waals surface area (Å²) in [6, 6.07) is 7.81. The van der Waals surface area contributed by atoms with E-state index in [4.69, 9.17) is 0 Å². The van der Waals surface area contributed by atoms with Gasteiger partial charge in [0, 0.05) is 19.6 Å². The summed E-state index contributed by atoms with van der Waals surface area (Å²) in [5, 5.41) is 0. The van der Waals surface area contributed by atoms with Crippen LogP contribution in [-0.4, -0.2) is 38.9 Å². The van der Waals surface area contributed by atoms with Crippen LogP contribution >= 0.6 is 0 Å². The van der Waals surface area contributed by atoms with Gasteiger partial charge in [-0.3, -0.25) is 4.79 Å². The van der Waals surface area contributed by atoms with Crippen molar-refractivity contribution in [3.8, 4) is 0 Å². The van der Waals surface area contributed by atoms with Crippen LogP contribution in [-0.2, 0) is 32.7 Å². The van der Waals surface area contributed by atoms with Crippen LogP contribution in [0.4, 0.5) is 0 Å². The summed E-state index contributed by atoms with van der Waals surface area (Å²) in [7, 11) is -2.28. The highest BCUT2D eigenvalue weighted by Crippen LogP contribution is 2.20. The number of methoxy groups -OCH3 is 1. The molecule has 1 N–H and O–H groups in total. The zero-order valence-electron chi connectivity index (χ0n) is 11.3. The molecule has 20 heavy (non-hydrogen) atoms. The van der Waals surface area contributed by atoms with E-state index in [0.717, 1.165) is 5.56 Å². The van der Waals surface area contributed by atoms with Crippen LogP contribution in [0.5, 0.6) is 0 Å². The maximum atomic E-state index is 12.1. The SMILES string of the molecule is COC(=O)CCNS(=O)(=O)N1CCc2ccccc2C1. The molecule has 0 atom stereocenters. The number of esters is 1. The Morgan fingerprint density at radius 1 is 1.35 bits per heavy atom. The van der Waals surface area contributed by atoms with E-state index in [2.05, 4.69) is 9.46 Å². The first-order valence-electron chi connectivity index (χ1n) is 6.41. The van der Waals surface area contributed by atoms with Crippen molar-refractivity contribution in [2.75, 3.05) is 20.2 Å². The van der Waals surface area contributed by atoms with Gasteiger partial charge in [0.25, 0.3) is 10.2 Å². The molecule has 0 spiro atoms. The van der Waals surface area contributed by atoms with Crippen molar-refractivity contribution in [1.29, 1.82) is 0 Å². The summed E-state index contributed by atoms with van der Waals surface area (Å²) < 4.78 is 32.5. The van der Waals surface area contributed by atoms with Gasteiger partial charge in [0.05, 0.1) is 13.5 Å². The van der Waals surface area contributed by atoms with Gasteiger partial charge in [-0.05, 0) is 17.5 Å². The van der Waals surface area contributed by atoms with E-state index in [1.165, 1.54) is 17.0 Å². The molecule has 0 radical (unpaired) electrons. The van der Waals surface area contributed by atoms with E-state index < -0.39 is 16.2 Å². The first-order valence-corrected chi connectivity index (χ1v) is 7.85. The first kappa shape index (κ1) is 15.0. The van der Waals surface area contributed by atoms with Crippen LogP contribution in [0.15, 0.2) is 24.3 Å². The fraction of sp³-hybridized carbons (Fsp3) is 0.462. The van der Waals surface area contributed by atoms with Crippen molar-refractivity contribution in [2.45, 2.75) is 19.4 Å². The van der Waals surface area contributed by atoms with Crippen LogP contribution in [0, 0.1) is 0 Å². The van der Waals surface area contributed by atoms with E-state index >= 15 is 0 Å². The lowest BCUT2D eigenvalue weighted by Gasteiger charge is -2.28. The molecule has 0 saturated carbocycles. The Hall–Kier alpha value is -1.44. The first-order chi connectivity index (χ1) is 9.53. The fourth-order valence-corrected chi connectivity index (χ4v) is 3.33. The summed E-state index contributed by atoms with van der Waals surface area (Å²) >= 11 is 0. The van der Waals surface area contributed by atoms with Gasteiger partial charge in [-0.1, -0.05) is 24.3 Å². The lowest BCUT2D eigenvalue weighted by molar-refractivity contribution is -0.140. The number of hydrogen-bond donors (Lipinski definition) is 1. The molecule has 0 unspecified atom stereocenters. The fourth-order valence-electron chi connectivity index (χ4n) is 2.15. The highest BCUT2D eigenvalue weighted by atomic mass is 32.2. The van der Waals surface area contributed by atoms with E-state index in [0.29, 0.717) is 19.5 Å². The molecule has 1 aromatic rings. The molecule has 0 aromatic heterocycles. The Morgan fingerprint density at radius 3 is 2.75 bits per heavy atom. The zero-order valence-corrected chi connectivity index (χ0v) is 12.1. The predicted octanol–water partition coefficient (Wildman–Crippen LogP) is 0.442. The maximum Gasteiger partial charge on any atom is 0.306 e. The maximum absolute atomic E-state index is 12.1. The lowest BCUT2D eigenvalue weighted by Crippen LogP contribution is -2.43. The summed E-state index contributed by atoms with van der Waals surface area (Å²) in [5.74, 6) is -0.434. The molecule has 7 heteroatoms. The molecule has 1 aliphatic rings. The summed E-state index contributed by atoms with van der Waals surface area (Å²) in [6.07, 6.45) is 0.730. The minimum Gasteiger partial charge on any atom is -0.469 e. The molecule has 0 bridgehead atoms. The number of carbonyl (C=O) groups excluding carboxylic acids is 1. The molecule has 2 rings (SSSR count). The van der Waals surface area contributed by atoms with Crippen LogP contribution in [0.3, 0.4) is 0 Å². The number of rotatable bonds is 5. The second-order valence-electron chi connectivity index (χ2n) is 4.58. The number of nitrogens with one attached hydrogen (secondary N) is 1. The number of nitrogens with zero attached hydrogens (tertiary/aromatic N) is 1. The number of carbonyl (C=O) groups is 1. The van der Waals surface area contributed by atoms with E-state index in [1.807, 2.05) is 24.3 Å². The van der Waals surface area contributed by atoms with Gasteiger partial charge in [0.2, 0.25) is 0 Å². The van der Waals surface area contributed by atoms with Gasteiger partial charge in [-0.25, -0.2) is 4.72 Å². The average molecular weight is 298 g/mol. The van der Waals surface area contributed by atoms with Crippen molar-refractivity contribution < 1.29 is 17.9 Å². The molecule has 0 saturated heterocycles. The Kier molecular flexibility index (Phi) is 4.74. The summed E-state index contributed by atoms with van der Waals surface area (Å²) in [4.78, 5) is 11.0. The topological polar surface area (TPSA) is 75.7 Å². The molecule has 6 nitrogen and oxygen atoms in total. The quantitative estimate of drug-likeness (QED) is 0.801. The molecular formula is C13H18N2O4S. The van der Waals surface area contributed by atoms with Gasteiger partial charge in [-0.15, -0.1) is 0 Å². The van der Waals surface area contributed by atoms with Gasteiger partial charge in [0.1, 0.15) is 0 Å². The third kappa shape index (κ3) is 3.56. The molecule has 1 aromatic carbocycles. The Morgan fingerprint density at radius 2 is 2.05 bits per heavy atom. The van der Waals surface area contributed by atoms with Crippen LogP contribution in [0.1, 0.15) is 17.5 Å². The summed E-state index contributed by atoms with van der Waals surface area (Å²) in [6.45, 7) is 0.863. The van der Waals surface area contributed by atoms with Gasteiger partial charge >= 0.3 is 5.97 Å². The molecule has 0 amide bonds. The highest BCUT2D eigenvalue weighted by Gasteiger charge is 2.26. The normalized spacial score (nSPS) is 15.7. The van der Waals surface area contributed by atoms with Gasteiger partial charge in [0.15, 0.2) is 0 Å². The molecule has 0 aliphatic carbocycles. The van der Waals surface area contributed by atoms with E-state index in [1.54, 1.807) is 0 Å². The zero-order chi connectivity index (χ0) is 14.6. The lowest BCUT2D eigenvalue weighted by atomic mass is 10.0. The van der Waals surface area contributed by atoms with Crippen molar-refractivity contribution in [3.05, 3.63) is 35.4 Å². The minimum atomic E-state index is -3.55. The number of fused-ring (bicyclic) bond motifs is 1. The van der Waals surface area contributed by atoms with Crippen LogP contribution in [0.2, 0.25) is 0 Å². The largest absolute Gasteiger partial charge is 0.469 e. The van der Waals surface area contributed by atoms with E-state index in [-0.39, 0.29) is 13.0 Å². The van der Waals surface area contributed by atoms with Crippen LogP contribution < -0.4 is 4.72 Å². The third-order valence-corrected chi connectivity index (χ3v) is 4.84. The van der Waals surface area contributed by atoms with E-state index in [9.17, 15) is 13.2 Å². The van der Waals surface area contributed by atoms with Crippen molar-refractivity contribution in [2.24, 2.45) is 0 Å². The Labute approximate surface area is 118 Å². The van der Waals surface area contributed by atoms with Crippen molar-refractivity contribution in [3.63, 3.8) is 0 Å². The van der Waals surface area contributed by atoms with Crippen molar-refractivity contribution >= 4 is 16.2 Å². The molecule has 110 valence electrons. The number of ether oxygens (including phenoxy) is 1. The van der Waals surface area contributed by atoms with Crippen LogP contribution in [0.25, 0.3) is 0 Å². The molecule has 1 aliphatic heterocycles. The number of hydrogen-bond acceptors (Lipinski definition) is 4. The average Bonchev–Trinajstić information content (AvgIpc) is 2.46. The van der Waals surface area contributed by atoms with Gasteiger partial charge < -0.3 is 4.74 Å². The standard InChI is InChI=1S/C13H18N2O4S/c1-19-13(16)6-8-14-20(17,18)15-9-7-11-4-2-3-5-12(11)10-15/h2-5,14H,6-10H2,1H3. The smallest absolute Gasteiger partial charge is 0.306 e. The minimum absolute atomic E-state index is 0.0279. The van der Waals surface area contributed by atoms with Crippen molar-refractivity contribution in [1.82, 2.24) is 9.03 Å². The summed E-state index contributed by atoms with van der Waals surface area (Å²) in [5.41, 5.74) is 2.21. The monoisotopic (exact) mass is 298 g/mol. The molecule has 0 fully saturated rings. The number of benzene rings is 1. The second-order valence-corrected chi connectivity index (χ2v) is 6.33. The molecular weight excluding hydrogens is 280 g/mol. The van der Waals surface area contributed by atoms with Gasteiger partial charge in [-0.2, -0.15) is 12.7 Å². The second kappa shape index (κ2) is 6.34. The highest BCUT2D eigenvalue weighted by molar-refractivity contribution is 7.87. The molecule has 1 heterocycles. The predicted molar refractivity (Wildman–Crippen MR) is 74.1 cm³/mol. The Balaban J connectivity index is 1.96. The Bertz CT molecular complexity index is 586.